The smallest absolute Gasteiger partial charge is 0.343 e. The third-order valence-corrected chi connectivity index (χ3v) is 4.12. The first kappa shape index (κ1) is 20.7. The number of para-hydroxylation sites is 1. The van der Waals surface area contributed by atoms with Crippen molar-refractivity contribution in [2.45, 2.75) is 6.92 Å². The van der Waals surface area contributed by atoms with E-state index in [4.69, 9.17) is 4.74 Å². The van der Waals surface area contributed by atoms with E-state index in [1.54, 1.807) is 24.3 Å². The third-order valence-electron chi connectivity index (χ3n) is 4.12. The molecule has 152 valence electrons. The summed E-state index contributed by atoms with van der Waals surface area (Å²) in [5.41, 5.74) is 5.08. The van der Waals surface area contributed by atoms with Crippen LogP contribution in [0.3, 0.4) is 0 Å². The highest BCUT2D eigenvalue weighted by Crippen LogP contribution is 2.15. The normalized spacial score (nSPS) is 10.6. The van der Waals surface area contributed by atoms with Gasteiger partial charge in [-0.25, -0.2) is 14.6 Å². The van der Waals surface area contributed by atoms with Gasteiger partial charge in [-0.2, -0.15) is 5.10 Å². The minimum Gasteiger partial charge on any atom is -0.423 e. The van der Waals surface area contributed by atoms with Gasteiger partial charge in [0.1, 0.15) is 11.6 Å². The SMILES string of the molecule is Cc1ccccc1NCC(=O)N/N=C/c1cccc(OC(=O)c2cccc(F)c2)c1. The Morgan fingerprint density at radius 3 is 2.63 bits per heavy atom. The average Bonchev–Trinajstić information content (AvgIpc) is 2.73. The van der Waals surface area contributed by atoms with Crippen LogP contribution < -0.4 is 15.5 Å². The van der Waals surface area contributed by atoms with Crippen LogP contribution in [0.15, 0.2) is 77.9 Å². The summed E-state index contributed by atoms with van der Waals surface area (Å²) in [6, 6.07) is 19.5. The molecule has 6 nitrogen and oxygen atoms in total. The molecule has 0 aliphatic rings. The molecule has 0 aliphatic heterocycles. The summed E-state index contributed by atoms with van der Waals surface area (Å²) in [6.45, 7) is 2.03. The van der Waals surface area contributed by atoms with Crippen molar-refractivity contribution in [3.63, 3.8) is 0 Å². The molecule has 0 fully saturated rings. The van der Waals surface area contributed by atoms with Crippen LogP contribution in [0.1, 0.15) is 21.5 Å². The fourth-order valence-electron chi connectivity index (χ4n) is 2.60. The van der Waals surface area contributed by atoms with Gasteiger partial charge in [0, 0.05) is 5.69 Å². The molecule has 3 rings (SSSR count). The van der Waals surface area contributed by atoms with E-state index in [0.29, 0.717) is 5.56 Å². The van der Waals surface area contributed by atoms with Gasteiger partial charge in [-0.15, -0.1) is 0 Å². The maximum atomic E-state index is 13.2. The van der Waals surface area contributed by atoms with Crippen molar-refractivity contribution in [3.05, 3.63) is 95.3 Å². The molecule has 30 heavy (non-hydrogen) atoms. The number of carbonyl (C=O) groups excluding carboxylic acids is 2. The Labute approximate surface area is 173 Å². The van der Waals surface area contributed by atoms with Crippen LogP contribution in [0.4, 0.5) is 10.1 Å². The highest BCUT2D eigenvalue weighted by Gasteiger charge is 2.09. The van der Waals surface area contributed by atoms with E-state index in [2.05, 4.69) is 15.8 Å². The number of nitrogens with one attached hydrogen (secondary N) is 2. The van der Waals surface area contributed by atoms with Crippen LogP contribution in [0, 0.1) is 12.7 Å². The van der Waals surface area contributed by atoms with Gasteiger partial charge in [0.05, 0.1) is 18.3 Å². The predicted molar refractivity (Wildman–Crippen MR) is 113 cm³/mol. The molecule has 0 atom stereocenters. The topological polar surface area (TPSA) is 79.8 Å². The second-order valence-electron chi connectivity index (χ2n) is 6.43. The van der Waals surface area contributed by atoms with E-state index >= 15 is 0 Å². The minimum atomic E-state index is -0.667. The number of anilines is 1. The number of hydrogen-bond acceptors (Lipinski definition) is 5. The molecule has 0 bridgehead atoms. The lowest BCUT2D eigenvalue weighted by Gasteiger charge is -2.08. The van der Waals surface area contributed by atoms with Crippen LogP contribution in [-0.4, -0.2) is 24.6 Å². The van der Waals surface area contributed by atoms with Crippen LogP contribution in [-0.2, 0) is 4.79 Å². The molecule has 0 saturated heterocycles. The summed E-state index contributed by atoms with van der Waals surface area (Å²) in [6.07, 6.45) is 1.44. The zero-order valence-corrected chi connectivity index (χ0v) is 16.3. The fourth-order valence-corrected chi connectivity index (χ4v) is 2.60. The Bertz CT molecular complexity index is 1080. The number of amides is 1. The van der Waals surface area contributed by atoms with Crippen molar-refractivity contribution in [2.24, 2.45) is 5.10 Å². The lowest BCUT2D eigenvalue weighted by Crippen LogP contribution is -2.26. The Kier molecular flexibility index (Phi) is 6.89. The lowest BCUT2D eigenvalue weighted by molar-refractivity contribution is -0.119. The monoisotopic (exact) mass is 405 g/mol. The van der Waals surface area contributed by atoms with Crippen molar-refractivity contribution in [1.82, 2.24) is 5.43 Å². The van der Waals surface area contributed by atoms with Gasteiger partial charge in [0.25, 0.3) is 5.91 Å². The van der Waals surface area contributed by atoms with Crippen molar-refractivity contribution in [3.8, 4) is 5.75 Å². The Balaban J connectivity index is 1.53. The molecule has 0 aromatic heterocycles. The highest BCUT2D eigenvalue weighted by atomic mass is 19.1. The maximum Gasteiger partial charge on any atom is 0.343 e. The van der Waals surface area contributed by atoms with Crippen molar-refractivity contribution < 1.29 is 18.7 Å². The quantitative estimate of drug-likeness (QED) is 0.270. The van der Waals surface area contributed by atoms with Crippen LogP contribution in [0.25, 0.3) is 0 Å². The lowest BCUT2D eigenvalue weighted by atomic mass is 10.2. The summed E-state index contributed by atoms with van der Waals surface area (Å²) in [4.78, 5) is 24.0. The number of benzene rings is 3. The predicted octanol–water partition coefficient (Wildman–Crippen LogP) is 3.92. The van der Waals surface area contributed by atoms with E-state index in [1.165, 1.54) is 24.4 Å². The molecule has 2 N–H and O–H groups in total. The van der Waals surface area contributed by atoms with Gasteiger partial charge >= 0.3 is 5.97 Å². The zero-order chi connectivity index (χ0) is 21.3. The second-order valence-corrected chi connectivity index (χ2v) is 6.43. The molecule has 0 saturated carbocycles. The van der Waals surface area contributed by atoms with Crippen LogP contribution >= 0.6 is 0 Å². The van der Waals surface area contributed by atoms with Crippen LogP contribution in [0.2, 0.25) is 0 Å². The molecule has 0 aliphatic carbocycles. The largest absolute Gasteiger partial charge is 0.423 e. The number of rotatable bonds is 7. The van der Waals surface area contributed by atoms with Crippen LogP contribution in [0.5, 0.6) is 5.75 Å². The summed E-state index contributed by atoms with van der Waals surface area (Å²) >= 11 is 0. The number of ether oxygens (including phenoxy) is 1. The standard InChI is InChI=1S/C23H20FN3O3/c1-16-6-2-3-11-21(16)25-15-22(28)27-26-14-17-7-4-10-20(12-17)30-23(29)18-8-5-9-19(24)13-18/h2-14,25H,15H2,1H3,(H,27,28)/b26-14+. The number of esters is 1. The number of nitrogens with zero attached hydrogens (tertiary/aromatic N) is 1. The van der Waals surface area contributed by atoms with Gasteiger partial charge < -0.3 is 10.1 Å². The summed E-state index contributed by atoms with van der Waals surface area (Å²) in [5.74, 6) is -1.21. The fraction of sp³-hybridized carbons (Fsp3) is 0.0870. The first-order valence-electron chi connectivity index (χ1n) is 9.20. The molecular formula is C23H20FN3O3. The first-order chi connectivity index (χ1) is 14.5. The van der Waals surface area contributed by atoms with E-state index in [0.717, 1.165) is 17.3 Å². The van der Waals surface area contributed by atoms with Gasteiger partial charge in [0.15, 0.2) is 0 Å². The molecule has 1 amide bonds. The number of halogens is 1. The average molecular weight is 405 g/mol. The Hall–Kier alpha value is -4.00. The van der Waals surface area contributed by atoms with Gasteiger partial charge in [-0.3, -0.25) is 4.79 Å². The molecule has 0 spiro atoms. The molecule has 3 aromatic carbocycles. The van der Waals surface area contributed by atoms with Crippen molar-refractivity contribution in [1.29, 1.82) is 0 Å². The number of aryl methyl sites for hydroxylation is 1. The Morgan fingerprint density at radius 1 is 1.03 bits per heavy atom. The van der Waals surface area contributed by atoms with E-state index in [9.17, 15) is 14.0 Å². The number of carbonyl (C=O) groups is 2. The third kappa shape index (κ3) is 6.00. The number of hydrazone groups is 1. The molecule has 7 heteroatoms. The summed E-state index contributed by atoms with van der Waals surface area (Å²) < 4.78 is 18.5. The van der Waals surface area contributed by atoms with Crippen molar-refractivity contribution >= 4 is 23.8 Å². The van der Waals surface area contributed by atoms with Crippen molar-refractivity contribution in [2.75, 3.05) is 11.9 Å². The summed E-state index contributed by atoms with van der Waals surface area (Å²) in [7, 11) is 0. The molecule has 0 radical (unpaired) electrons. The Morgan fingerprint density at radius 2 is 1.83 bits per heavy atom. The molecule has 0 heterocycles. The first-order valence-corrected chi connectivity index (χ1v) is 9.20. The second kappa shape index (κ2) is 9.97. The maximum absolute atomic E-state index is 13.2. The van der Waals surface area contributed by atoms with Gasteiger partial charge in [0.2, 0.25) is 0 Å². The van der Waals surface area contributed by atoms with E-state index in [-0.39, 0.29) is 23.8 Å². The van der Waals surface area contributed by atoms with Gasteiger partial charge in [-0.05, 0) is 54.4 Å². The molecular weight excluding hydrogens is 385 g/mol. The van der Waals surface area contributed by atoms with E-state index in [1.807, 2.05) is 31.2 Å². The minimum absolute atomic E-state index is 0.0769. The zero-order valence-electron chi connectivity index (χ0n) is 16.3. The summed E-state index contributed by atoms with van der Waals surface area (Å²) in [5, 5.41) is 6.95. The molecule has 3 aromatic rings. The van der Waals surface area contributed by atoms with E-state index < -0.39 is 11.8 Å². The number of hydrogen-bond donors (Lipinski definition) is 2. The highest BCUT2D eigenvalue weighted by molar-refractivity contribution is 5.91. The molecule has 0 unspecified atom stereocenters. The van der Waals surface area contributed by atoms with Gasteiger partial charge in [-0.1, -0.05) is 36.4 Å².